The summed E-state index contributed by atoms with van der Waals surface area (Å²) in [6.45, 7) is 2.97. The first-order valence-corrected chi connectivity index (χ1v) is 12.3. The van der Waals surface area contributed by atoms with E-state index in [0.29, 0.717) is 9.87 Å². The molecule has 2 aromatic rings. The second-order valence-corrected chi connectivity index (χ2v) is 10.3. The second kappa shape index (κ2) is 9.78. The summed E-state index contributed by atoms with van der Waals surface area (Å²) in [5, 5.41) is 15.3. The van der Waals surface area contributed by atoms with Crippen LogP contribution in [0.4, 0.5) is 18.0 Å². The number of nitrogens with zero attached hydrogens (tertiary/aromatic N) is 2. The highest BCUT2D eigenvalue weighted by atomic mass is 35.5. The van der Waals surface area contributed by atoms with Gasteiger partial charge < -0.3 is 15.3 Å². The number of carboxylic acid groups (broad SMARTS) is 1. The maximum atomic E-state index is 14.2. The van der Waals surface area contributed by atoms with Gasteiger partial charge in [0.2, 0.25) is 0 Å². The Morgan fingerprint density at radius 2 is 1.86 bits per heavy atom. The van der Waals surface area contributed by atoms with Crippen LogP contribution in [0.1, 0.15) is 40.4 Å². The van der Waals surface area contributed by atoms with E-state index in [9.17, 15) is 27.0 Å². The van der Waals surface area contributed by atoms with Gasteiger partial charge in [0.25, 0.3) is 22.8 Å². The predicted molar refractivity (Wildman–Crippen MR) is 127 cm³/mol. The van der Waals surface area contributed by atoms with E-state index in [4.69, 9.17) is 37.3 Å². The quantitative estimate of drug-likeness (QED) is 0.531. The van der Waals surface area contributed by atoms with Crippen molar-refractivity contribution in [3.63, 3.8) is 0 Å². The van der Waals surface area contributed by atoms with Gasteiger partial charge in [-0.05, 0) is 55.3 Å². The number of benzene rings is 2. The number of hydrogen-bond acceptors (Lipinski definition) is 6. The molecule has 2 heterocycles. The van der Waals surface area contributed by atoms with Crippen LogP contribution in [-0.4, -0.2) is 49.8 Å². The van der Waals surface area contributed by atoms with E-state index in [1.807, 2.05) is 0 Å². The molecule has 9 nitrogen and oxygen atoms in total. The van der Waals surface area contributed by atoms with E-state index in [0.717, 1.165) is 12.1 Å². The zero-order valence-electron chi connectivity index (χ0n) is 19.0. The van der Waals surface area contributed by atoms with Gasteiger partial charge in [-0.3, -0.25) is 4.79 Å². The van der Waals surface area contributed by atoms with E-state index in [2.05, 4.69) is 10.5 Å². The largest absolute Gasteiger partial charge is 0.464 e. The zero-order valence-corrected chi connectivity index (χ0v) is 21.3. The van der Waals surface area contributed by atoms with Gasteiger partial charge in [0, 0.05) is 27.6 Å². The lowest BCUT2D eigenvalue weighted by Crippen LogP contribution is -2.45. The highest BCUT2D eigenvalue weighted by molar-refractivity contribution is 7.78. The van der Waals surface area contributed by atoms with Crippen molar-refractivity contribution in [2.24, 2.45) is 5.16 Å². The number of amides is 2. The molecule has 2 aliphatic rings. The molecule has 0 saturated carbocycles. The Hall–Kier alpha value is -2.87. The molecule has 4 unspecified atom stereocenters. The number of alkyl halides is 3. The van der Waals surface area contributed by atoms with Crippen LogP contribution in [0.15, 0.2) is 41.6 Å². The van der Waals surface area contributed by atoms with Gasteiger partial charge in [-0.1, -0.05) is 34.4 Å². The summed E-state index contributed by atoms with van der Waals surface area (Å²) in [4.78, 5) is 29.0. The van der Waals surface area contributed by atoms with E-state index >= 15 is 0 Å². The standard InChI is InChI=1S/C22H18Cl2F3N3O6S/c1-10-5-12(3-4-16(10)18(31)28-19-11(2)30(20(32)33)37(34)35-19)17-9-21(36-29-17,22(25,26)27)13-6-14(23)8-15(24)7-13/h3-8,11,19H,9H2,1-2H3,(H,28,31)(H,32,33). The van der Waals surface area contributed by atoms with Crippen LogP contribution < -0.4 is 5.32 Å². The van der Waals surface area contributed by atoms with Crippen molar-refractivity contribution in [3.05, 3.63) is 68.7 Å². The average Bonchev–Trinajstić information content (AvgIpc) is 3.35. The molecule has 1 fully saturated rings. The summed E-state index contributed by atoms with van der Waals surface area (Å²) in [6, 6.07) is 6.84. The van der Waals surface area contributed by atoms with Crippen molar-refractivity contribution in [1.29, 1.82) is 0 Å². The number of hydrogen-bond donors (Lipinski definition) is 2. The maximum Gasteiger partial charge on any atom is 0.435 e. The third-order valence-electron chi connectivity index (χ3n) is 5.94. The number of aryl methyl sites for hydroxylation is 1. The minimum absolute atomic E-state index is 0.00486. The molecule has 2 aliphatic heterocycles. The second-order valence-electron chi connectivity index (χ2n) is 8.38. The Morgan fingerprint density at radius 1 is 1.22 bits per heavy atom. The molecule has 0 bridgehead atoms. The number of oxime groups is 1. The Balaban J connectivity index is 1.55. The summed E-state index contributed by atoms with van der Waals surface area (Å²) >= 11 is 9.56. The lowest BCUT2D eigenvalue weighted by atomic mass is 9.86. The van der Waals surface area contributed by atoms with E-state index in [1.165, 1.54) is 31.2 Å². The average molecular weight is 580 g/mol. The highest BCUT2D eigenvalue weighted by Gasteiger charge is 2.62. The highest BCUT2D eigenvalue weighted by Crippen LogP contribution is 2.49. The number of rotatable bonds is 4. The monoisotopic (exact) mass is 579 g/mol. The topological polar surface area (TPSA) is 118 Å². The van der Waals surface area contributed by atoms with Crippen molar-refractivity contribution in [2.45, 2.75) is 44.3 Å². The van der Waals surface area contributed by atoms with Crippen LogP contribution in [0, 0.1) is 6.92 Å². The molecule has 0 spiro atoms. The van der Waals surface area contributed by atoms with Gasteiger partial charge in [0.05, 0.1) is 11.8 Å². The first kappa shape index (κ1) is 27.2. The SMILES string of the molecule is Cc1cc(C2=NOC(c3cc(Cl)cc(Cl)c3)(C(F)(F)F)C2)ccc1C(=O)NC1OS(=O)N(C(=O)O)C1C. The molecule has 4 rings (SSSR count). The Labute approximate surface area is 220 Å². The minimum atomic E-state index is -4.86. The summed E-state index contributed by atoms with van der Waals surface area (Å²) < 4.78 is 60.1. The van der Waals surface area contributed by atoms with Gasteiger partial charge in [-0.2, -0.15) is 17.5 Å². The van der Waals surface area contributed by atoms with E-state index in [1.54, 1.807) is 6.92 Å². The van der Waals surface area contributed by atoms with Crippen molar-refractivity contribution >= 4 is 52.2 Å². The fraction of sp³-hybridized carbons (Fsp3) is 0.318. The van der Waals surface area contributed by atoms with Crippen LogP contribution >= 0.6 is 23.2 Å². The summed E-state index contributed by atoms with van der Waals surface area (Å²) in [6.07, 6.45) is -8.17. The molecule has 15 heteroatoms. The summed E-state index contributed by atoms with van der Waals surface area (Å²) in [7, 11) is 0. The van der Waals surface area contributed by atoms with Crippen molar-refractivity contribution in [2.75, 3.05) is 0 Å². The summed E-state index contributed by atoms with van der Waals surface area (Å²) in [5.41, 5.74) is -2.30. The first-order chi connectivity index (χ1) is 17.2. The predicted octanol–water partition coefficient (Wildman–Crippen LogP) is 4.92. The molecule has 2 aromatic carbocycles. The first-order valence-electron chi connectivity index (χ1n) is 10.5. The molecule has 0 radical (unpaired) electrons. The van der Waals surface area contributed by atoms with Crippen LogP contribution in [-0.2, 0) is 25.9 Å². The Morgan fingerprint density at radius 3 is 2.41 bits per heavy atom. The third-order valence-corrected chi connectivity index (χ3v) is 7.55. The number of halogens is 5. The smallest absolute Gasteiger partial charge is 0.435 e. The van der Waals surface area contributed by atoms with Gasteiger partial charge in [0.1, 0.15) is 0 Å². The third kappa shape index (κ3) is 5.00. The van der Waals surface area contributed by atoms with Crippen molar-refractivity contribution in [1.82, 2.24) is 9.62 Å². The molecule has 37 heavy (non-hydrogen) atoms. The zero-order chi connectivity index (χ0) is 27.3. The van der Waals surface area contributed by atoms with Crippen molar-refractivity contribution < 1.29 is 41.1 Å². The normalized spacial score (nSPS) is 25.5. The van der Waals surface area contributed by atoms with Crippen LogP contribution in [0.25, 0.3) is 0 Å². The van der Waals surface area contributed by atoms with Crippen LogP contribution in [0.5, 0.6) is 0 Å². The van der Waals surface area contributed by atoms with E-state index < -0.39 is 53.7 Å². The molecule has 0 aromatic heterocycles. The number of nitrogens with one attached hydrogen (secondary N) is 1. The molecular formula is C22H18Cl2F3N3O6S. The van der Waals surface area contributed by atoms with Gasteiger partial charge in [0.15, 0.2) is 6.23 Å². The lowest BCUT2D eigenvalue weighted by Gasteiger charge is -2.29. The van der Waals surface area contributed by atoms with Crippen LogP contribution in [0.3, 0.4) is 0 Å². The summed E-state index contributed by atoms with van der Waals surface area (Å²) in [5.74, 6) is -0.659. The van der Waals surface area contributed by atoms with Gasteiger partial charge in [-0.25, -0.2) is 13.2 Å². The Bertz CT molecular complexity index is 1320. The van der Waals surface area contributed by atoms with Crippen LogP contribution in [0.2, 0.25) is 10.0 Å². The fourth-order valence-corrected chi connectivity index (χ4v) is 5.52. The fourth-order valence-electron chi connectivity index (χ4n) is 4.01. The molecule has 4 atom stereocenters. The minimum Gasteiger partial charge on any atom is -0.464 e. The van der Waals surface area contributed by atoms with Gasteiger partial charge >= 0.3 is 12.3 Å². The number of carbonyl (C=O) groups excluding carboxylic acids is 1. The molecule has 0 aliphatic carbocycles. The lowest BCUT2D eigenvalue weighted by molar-refractivity contribution is -0.275. The molecular weight excluding hydrogens is 562 g/mol. The molecule has 1 saturated heterocycles. The molecule has 2 N–H and O–H groups in total. The molecule has 198 valence electrons. The maximum absolute atomic E-state index is 14.2. The molecule has 2 amide bonds. The van der Waals surface area contributed by atoms with Crippen molar-refractivity contribution in [3.8, 4) is 0 Å². The Kier molecular flexibility index (Phi) is 7.18. The van der Waals surface area contributed by atoms with E-state index in [-0.39, 0.29) is 32.4 Å². The van der Waals surface area contributed by atoms with Gasteiger partial charge in [-0.15, -0.1) is 0 Å². The number of carbonyl (C=O) groups is 2.